The minimum atomic E-state index is -0.113. The van der Waals surface area contributed by atoms with Gasteiger partial charge in [0.2, 0.25) is 0 Å². The standard InChI is InChI=1S/C13H19N3O2/c17-10-4-7-15-13(18)11-5-3-6-14-12(11)16-8-1-2-9-16/h3,5-6,17H,1-2,4,7-10H2,(H,15,18). The van der Waals surface area contributed by atoms with E-state index in [0.717, 1.165) is 31.7 Å². The molecule has 0 aromatic carbocycles. The number of rotatable bonds is 5. The lowest BCUT2D eigenvalue weighted by Crippen LogP contribution is -2.29. The molecule has 2 rings (SSSR count). The Hall–Kier alpha value is -1.62. The van der Waals surface area contributed by atoms with Gasteiger partial charge in [0, 0.05) is 32.4 Å². The van der Waals surface area contributed by atoms with Crippen molar-refractivity contribution in [3.8, 4) is 0 Å². The summed E-state index contributed by atoms with van der Waals surface area (Å²) < 4.78 is 0. The van der Waals surface area contributed by atoms with E-state index in [-0.39, 0.29) is 12.5 Å². The Kier molecular flexibility index (Phi) is 4.52. The zero-order valence-electron chi connectivity index (χ0n) is 10.4. The van der Waals surface area contributed by atoms with Crippen molar-refractivity contribution in [1.29, 1.82) is 0 Å². The molecule has 2 heterocycles. The minimum Gasteiger partial charge on any atom is -0.396 e. The highest BCUT2D eigenvalue weighted by Crippen LogP contribution is 2.21. The van der Waals surface area contributed by atoms with E-state index in [1.807, 2.05) is 0 Å². The first-order chi connectivity index (χ1) is 8.83. The highest BCUT2D eigenvalue weighted by Gasteiger charge is 2.19. The number of anilines is 1. The van der Waals surface area contributed by atoms with Gasteiger partial charge in [0.05, 0.1) is 5.56 Å². The van der Waals surface area contributed by atoms with Gasteiger partial charge in [-0.1, -0.05) is 0 Å². The van der Waals surface area contributed by atoms with Gasteiger partial charge in [-0.05, 0) is 31.4 Å². The van der Waals surface area contributed by atoms with Gasteiger partial charge in [-0.15, -0.1) is 0 Å². The second-order valence-electron chi connectivity index (χ2n) is 4.40. The van der Waals surface area contributed by atoms with E-state index in [1.165, 1.54) is 0 Å². The Bertz CT molecular complexity index is 403. The van der Waals surface area contributed by atoms with Crippen molar-refractivity contribution in [3.05, 3.63) is 23.9 Å². The minimum absolute atomic E-state index is 0.0896. The SMILES string of the molecule is O=C(NCCCO)c1cccnc1N1CCCC1. The molecule has 0 atom stereocenters. The average Bonchev–Trinajstić information content (AvgIpc) is 2.93. The van der Waals surface area contributed by atoms with Crippen LogP contribution in [0.2, 0.25) is 0 Å². The molecule has 5 heteroatoms. The number of nitrogens with zero attached hydrogens (tertiary/aromatic N) is 2. The molecule has 1 saturated heterocycles. The van der Waals surface area contributed by atoms with Crippen LogP contribution in [0.25, 0.3) is 0 Å². The molecule has 0 radical (unpaired) electrons. The zero-order valence-corrected chi connectivity index (χ0v) is 10.4. The Balaban J connectivity index is 2.08. The molecule has 0 aliphatic carbocycles. The Labute approximate surface area is 107 Å². The van der Waals surface area contributed by atoms with Crippen LogP contribution in [0.15, 0.2) is 18.3 Å². The van der Waals surface area contributed by atoms with Crippen LogP contribution < -0.4 is 10.2 Å². The van der Waals surface area contributed by atoms with Crippen LogP contribution in [0.5, 0.6) is 0 Å². The Morgan fingerprint density at radius 2 is 2.22 bits per heavy atom. The van der Waals surface area contributed by atoms with Crippen molar-refractivity contribution in [1.82, 2.24) is 10.3 Å². The lowest BCUT2D eigenvalue weighted by Gasteiger charge is -2.19. The van der Waals surface area contributed by atoms with Crippen molar-refractivity contribution in [3.63, 3.8) is 0 Å². The molecule has 1 fully saturated rings. The molecule has 0 saturated carbocycles. The largest absolute Gasteiger partial charge is 0.396 e. The van der Waals surface area contributed by atoms with E-state index < -0.39 is 0 Å². The van der Waals surface area contributed by atoms with Crippen LogP contribution in [0.1, 0.15) is 29.6 Å². The van der Waals surface area contributed by atoms with Gasteiger partial charge in [-0.2, -0.15) is 0 Å². The summed E-state index contributed by atoms with van der Waals surface area (Å²) in [5.74, 6) is 0.662. The number of amides is 1. The Morgan fingerprint density at radius 1 is 1.44 bits per heavy atom. The van der Waals surface area contributed by atoms with Crippen molar-refractivity contribution in [2.45, 2.75) is 19.3 Å². The normalized spacial score (nSPS) is 14.8. The molecular weight excluding hydrogens is 230 g/mol. The molecule has 1 aromatic rings. The van der Waals surface area contributed by atoms with Crippen LogP contribution in [0.4, 0.5) is 5.82 Å². The third-order valence-electron chi connectivity index (χ3n) is 3.06. The second kappa shape index (κ2) is 6.35. The van der Waals surface area contributed by atoms with Gasteiger partial charge in [0.15, 0.2) is 0 Å². The molecule has 5 nitrogen and oxygen atoms in total. The molecular formula is C13H19N3O2. The number of aliphatic hydroxyl groups is 1. The van der Waals surface area contributed by atoms with Crippen LogP contribution in [-0.4, -0.2) is 42.2 Å². The number of aromatic nitrogens is 1. The fraction of sp³-hybridized carbons (Fsp3) is 0.538. The predicted octanol–water partition coefficient (Wildman–Crippen LogP) is 0.794. The number of hydrogen-bond acceptors (Lipinski definition) is 4. The number of pyridine rings is 1. The van der Waals surface area contributed by atoms with Gasteiger partial charge in [-0.25, -0.2) is 4.98 Å². The quantitative estimate of drug-likeness (QED) is 0.757. The topological polar surface area (TPSA) is 65.5 Å². The van der Waals surface area contributed by atoms with Gasteiger partial charge in [0.25, 0.3) is 5.91 Å². The molecule has 0 spiro atoms. The molecule has 2 N–H and O–H groups in total. The zero-order chi connectivity index (χ0) is 12.8. The molecule has 0 bridgehead atoms. The van der Waals surface area contributed by atoms with E-state index >= 15 is 0 Å². The molecule has 1 aromatic heterocycles. The fourth-order valence-corrected chi connectivity index (χ4v) is 2.13. The molecule has 0 unspecified atom stereocenters. The van der Waals surface area contributed by atoms with Gasteiger partial charge in [0.1, 0.15) is 5.82 Å². The van der Waals surface area contributed by atoms with E-state index in [0.29, 0.717) is 18.5 Å². The number of aliphatic hydroxyl groups excluding tert-OH is 1. The summed E-state index contributed by atoms with van der Waals surface area (Å²) in [5.41, 5.74) is 0.623. The molecule has 98 valence electrons. The summed E-state index contributed by atoms with van der Waals surface area (Å²) in [7, 11) is 0. The summed E-state index contributed by atoms with van der Waals surface area (Å²) >= 11 is 0. The van der Waals surface area contributed by atoms with Gasteiger partial charge in [-0.3, -0.25) is 4.79 Å². The number of carbonyl (C=O) groups is 1. The van der Waals surface area contributed by atoms with Gasteiger partial charge < -0.3 is 15.3 Å². The summed E-state index contributed by atoms with van der Waals surface area (Å²) in [6, 6.07) is 3.58. The third-order valence-corrected chi connectivity index (χ3v) is 3.06. The fourth-order valence-electron chi connectivity index (χ4n) is 2.13. The van der Waals surface area contributed by atoms with E-state index in [1.54, 1.807) is 18.3 Å². The first-order valence-electron chi connectivity index (χ1n) is 6.42. The number of hydrogen-bond donors (Lipinski definition) is 2. The lowest BCUT2D eigenvalue weighted by molar-refractivity contribution is 0.0951. The smallest absolute Gasteiger partial charge is 0.255 e. The predicted molar refractivity (Wildman–Crippen MR) is 69.7 cm³/mol. The summed E-state index contributed by atoms with van der Waals surface area (Å²) in [6.45, 7) is 2.51. The molecule has 18 heavy (non-hydrogen) atoms. The third kappa shape index (κ3) is 2.98. The first kappa shape index (κ1) is 12.8. The average molecular weight is 249 g/mol. The van der Waals surface area contributed by atoms with Crippen molar-refractivity contribution in [2.24, 2.45) is 0 Å². The van der Waals surface area contributed by atoms with Crippen LogP contribution in [-0.2, 0) is 0 Å². The van der Waals surface area contributed by atoms with Crippen LogP contribution >= 0.6 is 0 Å². The van der Waals surface area contributed by atoms with E-state index in [9.17, 15) is 4.79 Å². The maximum atomic E-state index is 12.0. The molecule has 1 amide bonds. The molecule has 1 aliphatic rings. The van der Waals surface area contributed by atoms with Crippen LogP contribution in [0, 0.1) is 0 Å². The highest BCUT2D eigenvalue weighted by atomic mass is 16.3. The number of carbonyl (C=O) groups excluding carboxylic acids is 1. The maximum Gasteiger partial charge on any atom is 0.255 e. The summed E-state index contributed by atoms with van der Waals surface area (Å²) in [6.07, 6.45) is 4.60. The first-order valence-corrected chi connectivity index (χ1v) is 6.42. The molecule has 1 aliphatic heterocycles. The highest BCUT2D eigenvalue weighted by molar-refractivity contribution is 5.98. The summed E-state index contributed by atoms with van der Waals surface area (Å²) in [5, 5.41) is 11.5. The maximum absolute atomic E-state index is 12.0. The second-order valence-corrected chi connectivity index (χ2v) is 4.40. The van der Waals surface area contributed by atoms with Crippen LogP contribution in [0.3, 0.4) is 0 Å². The Morgan fingerprint density at radius 3 is 2.94 bits per heavy atom. The monoisotopic (exact) mass is 249 g/mol. The summed E-state index contributed by atoms with van der Waals surface area (Å²) in [4.78, 5) is 18.5. The van der Waals surface area contributed by atoms with E-state index in [4.69, 9.17) is 5.11 Å². The van der Waals surface area contributed by atoms with Crippen molar-refractivity contribution in [2.75, 3.05) is 31.1 Å². The number of nitrogens with one attached hydrogen (secondary N) is 1. The van der Waals surface area contributed by atoms with Crippen molar-refractivity contribution < 1.29 is 9.90 Å². The lowest BCUT2D eigenvalue weighted by atomic mass is 10.2. The van der Waals surface area contributed by atoms with Crippen molar-refractivity contribution >= 4 is 11.7 Å². The van der Waals surface area contributed by atoms with E-state index in [2.05, 4.69) is 15.2 Å². The van der Waals surface area contributed by atoms with Gasteiger partial charge >= 0.3 is 0 Å².